The molecule has 0 aromatic heterocycles. The number of hydrogen-bond donors (Lipinski definition) is 1. The van der Waals surface area contributed by atoms with Crippen molar-refractivity contribution in [3.63, 3.8) is 0 Å². The standard InChI is InChI=1S/C23H25BrF3N3O/c1-29-8-10-30(11-9-29)21-7-6-20(24)16-4-2-14(12-19(16)21)18-13-15(23(25,26)27)3-5-17(18)22(28)31/h3,5-7,13-14H,2,4,8-12H2,1H3,(H2,28,31). The highest BCUT2D eigenvalue weighted by Gasteiger charge is 2.34. The van der Waals surface area contributed by atoms with E-state index in [2.05, 4.69) is 44.9 Å². The molecule has 2 aromatic rings. The molecule has 1 aliphatic heterocycles. The number of piperazine rings is 1. The smallest absolute Gasteiger partial charge is 0.369 e. The van der Waals surface area contributed by atoms with Gasteiger partial charge in [0.2, 0.25) is 5.91 Å². The van der Waals surface area contributed by atoms with E-state index in [-0.39, 0.29) is 11.5 Å². The van der Waals surface area contributed by atoms with Gasteiger partial charge in [-0.2, -0.15) is 13.2 Å². The third kappa shape index (κ3) is 4.46. The molecule has 1 saturated heterocycles. The fourth-order valence-corrected chi connectivity index (χ4v) is 5.30. The van der Waals surface area contributed by atoms with Crippen molar-refractivity contribution in [1.82, 2.24) is 4.90 Å². The molecule has 0 radical (unpaired) electrons. The van der Waals surface area contributed by atoms with Gasteiger partial charge in [0.15, 0.2) is 0 Å². The molecule has 0 saturated carbocycles. The number of hydrogen-bond acceptors (Lipinski definition) is 3. The van der Waals surface area contributed by atoms with E-state index in [9.17, 15) is 18.0 Å². The fraction of sp³-hybridized carbons (Fsp3) is 0.435. The normalized spacial score (nSPS) is 19.9. The van der Waals surface area contributed by atoms with Gasteiger partial charge in [-0.05, 0) is 79.3 Å². The first-order valence-electron chi connectivity index (χ1n) is 10.4. The summed E-state index contributed by atoms with van der Waals surface area (Å²) in [6.45, 7) is 3.75. The largest absolute Gasteiger partial charge is 0.416 e. The monoisotopic (exact) mass is 495 g/mol. The van der Waals surface area contributed by atoms with Crippen molar-refractivity contribution in [2.24, 2.45) is 5.73 Å². The first-order chi connectivity index (χ1) is 14.6. The van der Waals surface area contributed by atoms with Crippen LogP contribution in [0.5, 0.6) is 0 Å². The van der Waals surface area contributed by atoms with E-state index in [1.165, 1.54) is 11.6 Å². The number of likely N-dealkylation sites (N-methyl/N-ethyl adjacent to an activating group) is 1. The molecule has 1 unspecified atom stereocenters. The van der Waals surface area contributed by atoms with Crippen molar-refractivity contribution < 1.29 is 18.0 Å². The fourth-order valence-electron chi connectivity index (χ4n) is 4.73. The van der Waals surface area contributed by atoms with Crippen LogP contribution in [0.1, 0.15) is 45.0 Å². The van der Waals surface area contributed by atoms with Crippen LogP contribution in [0.2, 0.25) is 0 Å². The van der Waals surface area contributed by atoms with Gasteiger partial charge in [-0.3, -0.25) is 4.79 Å². The maximum absolute atomic E-state index is 13.4. The summed E-state index contributed by atoms with van der Waals surface area (Å²) in [5.74, 6) is -0.888. The number of anilines is 1. The lowest BCUT2D eigenvalue weighted by Crippen LogP contribution is -2.45. The molecule has 2 aromatic carbocycles. The molecule has 2 aliphatic rings. The van der Waals surface area contributed by atoms with Crippen molar-refractivity contribution in [2.75, 3.05) is 38.1 Å². The van der Waals surface area contributed by atoms with E-state index in [4.69, 9.17) is 5.73 Å². The van der Waals surface area contributed by atoms with Crippen LogP contribution in [0.25, 0.3) is 0 Å². The van der Waals surface area contributed by atoms with E-state index in [0.717, 1.165) is 60.5 Å². The Balaban J connectivity index is 1.73. The Hall–Kier alpha value is -2.06. The second-order valence-electron chi connectivity index (χ2n) is 8.42. The number of carbonyl (C=O) groups is 1. The number of halogens is 4. The number of rotatable bonds is 3. The summed E-state index contributed by atoms with van der Waals surface area (Å²) in [6.07, 6.45) is -2.49. The minimum absolute atomic E-state index is 0.178. The zero-order valence-corrected chi connectivity index (χ0v) is 18.9. The summed E-state index contributed by atoms with van der Waals surface area (Å²) in [4.78, 5) is 16.6. The number of fused-ring (bicyclic) bond motifs is 1. The van der Waals surface area contributed by atoms with E-state index in [1.807, 2.05) is 0 Å². The Morgan fingerprint density at radius 1 is 1.10 bits per heavy atom. The zero-order valence-electron chi connectivity index (χ0n) is 17.3. The lowest BCUT2D eigenvalue weighted by molar-refractivity contribution is -0.137. The summed E-state index contributed by atoms with van der Waals surface area (Å²) in [5.41, 5.74) is 8.86. The third-order valence-electron chi connectivity index (χ3n) is 6.47. The van der Waals surface area contributed by atoms with Crippen LogP contribution in [0, 0.1) is 0 Å². The maximum atomic E-state index is 13.4. The van der Waals surface area contributed by atoms with Crippen molar-refractivity contribution >= 4 is 27.5 Å². The van der Waals surface area contributed by atoms with E-state index < -0.39 is 17.6 Å². The molecule has 1 atom stereocenters. The number of primary amides is 1. The van der Waals surface area contributed by atoms with Crippen LogP contribution in [-0.4, -0.2) is 44.0 Å². The highest BCUT2D eigenvalue weighted by Crippen LogP contribution is 2.42. The number of amides is 1. The second-order valence-corrected chi connectivity index (χ2v) is 9.27. The van der Waals surface area contributed by atoms with Crippen LogP contribution in [0.3, 0.4) is 0 Å². The number of nitrogens with zero attached hydrogens (tertiary/aromatic N) is 2. The summed E-state index contributed by atoms with van der Waals surface area (Å²) in [6, 6.07) is 7.43. The number of nitrogens with two attached hydrogens (primary N) is 1. The predicted molar refractivity (Wildman–Crippen MR) is 119 cm³/mol. The summed E-state index contributed by atoms with van der Waals surface area (Å²) < 4.78 is 41.1. The average molecular weight is 496 g/mol. The Kier molecular flexibility index (Phi) is 6.05. The molecular weight excluding hydrogens is 471 g/mol. The lowest BCUT2D eigenvalue weighted by Gasteiger charge is -2.37. The molecular formula is C23H25BrF3N3O. The summed E-state index contributed by atoms with van der Waals surface area (Å²) in [7, 11) is 2.10. The van der Waals surface area contributed by atoms with Gasteiger partial charge in [0.25, 0.3) is 0 Å². The van der Waals surface area contributed by atoms with Crippen LogP contribution >= 0.6 is 15.9 Å². The van der Waals surface area contributed by atoms with Crippen molar-refractivity contribution in [2.45, 2.75) is 31.4 Å². The van der Waals surface area contributed by atoms with Gasteiger partial charge in [0.1, 0.15) is 0 Å². The highest BCUT2D eigenvalue weighted by molar-refractivity contribution is 9.10. The van der Waals surface area contributed by atoms with Gasteiger partial charge in [-0.1, -0.05) is 15.9 Å². The maximum Gasteiger partial charge on any atom is 0.416 e. The number of carbonyl (C=O) groups excluding carboxylic acids is 1. The van der Waals surface area contributed by atoms with E-state index in [1.54, 1.807) is 0 Å². The molecule has 0 spiro atoms. The average Bonchev–Trinajstić information content (AvgIpc) is 2.73. The van der Waals surface area contributed by atoms with Crippen molar-refractivity contribution in [1.29, 1.82) is 0 Å². The Morgan fingerprint density at radius 3 is 2.45 bits per heavy atom. The summed E-state index contributed by atoms with van der Waals surface area (Å²) >= 11 is 3.65. The van der Waals surface area contributed by atoms with Crippen molar-refractivity contribution in [3.05, 3.63) is 62.6 Å². The first kappa shape index (κ1) is 22.1. The highest BCUT2D eigenvalue weighted by atomic mass is 79.9. The number of alkyl halides is 3. The van der Waals surface area contributed by atoms with Gasteiger partial charge in [0.05, 0.1) is 5.56 Å². The first-order valence-corrected chi connectivity index (χ1v) is 11.2. The van der Waals surface area contributed by atoms with Crippen LogP contribution < -0.4 is 10.6 Å². The Morgan fingerprint density at radius 2 is 1.81 bits per heavy atom. The van der Waals surface area contributed by atoms with Crippen LogP contribution in [0.15, 0.2) is 34.8 Å². The van der Waals surface area contributed by atoms with Gasteiger partial charge in [-0.15, -0.1) is 0 Å². The van der Waals surface area contributed by atoms with Gasteiger partial charge >= 0.3 is 6.18 Å². The topological polar surface area (TPSA) is 49.6 Å². The van der Waals surface area contributed by atoms with Crippen LogP contribution in [0.4, 0.5) is 18.9 Å². The predicted octanol–water partition coefficient (Wildman–Crippen LogP) is 4.59. The Labute approximate surface area is 188 Å². The molecule has 166 valence electrons. The third-order valence-corrected chi connectivity index (χ3v) is 7.21. The molecule has 8 heteroatoms. The molecule has 0 bridgehead atoms. The number of benzene rings is 2. The van der Waals surface area contributed by atoms with E-state index in [0.29, 0.717) is 18.4 Å². The van der Waals surface area contributed by atoms with Crippen LogP contribution in [-0.2, 0) is 19.0 Å². The molecule has 2 N–H and O–H groups in total. The quantitative estimate of drug-likeness (QED) is 0.677. The minimum atomic E-state index is -4.47. The summed E-state index contributed by atoms with van der Waals surface area (Å²) in [5, 5.41) is 0. The zero-order chi connectivity index (χ0) is 22.3. The Bertz CT molecular complexity index is 1000. The minimum Gasteiger partial charge on any atom is -0.369 e. The molecule has 1 amide bonds. The molecule has 4 rings (SSSR count). The molecule has 1 heterocycles. The molecule has 1 fully saturated rings. The molecule has 4 nitrogen and oxygen atoms in total. The van der Waals surface area contributed by atoms with Gasteiger partial charge in [0, 0.05) is 41.9 Å². The van der Waals surface area contributed by atoms with E-state index >= 15 is 0 Å². The van der Waals surface area contributed by atoms with Gasteiger partial charge < -0.3 is 15.5 Å². The second kappa shape index (κ2) is 8.47. The van der Waals surface area contributed by atoms with Gasteiger partial charge in [-0.25, -0.2) is 0 Å². The SMILES string of the molecule is CN1CCN(c2ccc(Br)c3c2CC(c2cc(C(F)(F)F)ccc2C(N)=O)CC3)CC1. The lowest BCUT2D eigenvalue weighted by atomic mass is 9.77. The molecule has 31 heavy (non-hydrogen) atoms. The molecule has 1 aliphatic carbocycles. The van der Waals surface area contributed by atoms with Crippen molar-refractivity contribution in [3.8, 4) is 0 Å².